The lowest BCUT2D eigenvalue weighted by molar-refractivity contribution is 0.130. The maximum atomic E-state index is 10.3. The predicted octanol–water partition coefficient (Wildman–Crippen LogP) is 1.98. The van der Waals surface area contributed by atoms with Crippen LogP contribution in [0.15, 0.2) is 35.1 Å². The molecule has 0 amide bonds. The summed E-state index contributed by atoms with van der Waals surface area (Å²) in [6.45, 7) is 3.58. The summed E-state index contributed by atoms with van der Waals surface area (Å²) in [5, 5.41) is 18.3. The molecular formula is C14H17BrN4O. The van der Waals surface area contributed by atoms with Crippen LogP contribution in [0, 0.1) is 0 Å². The molecule has 1 unspecified atom stereocenters. The number of nitrogens with zero attached hydrogens (tertiary/aromatic N) is 4. The third-order valence-electron chi connectivity index (χ3n) is 3.67. The molecule has 0 radical (unpaired) electrons. The number of benzene rings is 1. The van der Waals surface area contributed by atoms with Crippen LogP contribution in [0.3, 0.4) is 0 Å². The van der Waals surface area contributed by atoms with Crippen molar-refractivity contribution in [3.63, 3.8) is 0 Å². The Hall–Kier alpha value is -1.24. The van der Waals surface area contributed by atoms with Gasteiger partial charge in [-0.3, -0.25) is 4.90 Å². The maximum absolute atomic E-state index is 10.3. The van der Waals surface area contributed by atoms with Crippen LogP contribution in [0.5, 0.6) is 0 Å². The highest BCUT2D eigenvalue weighted by Crippen LogP contribution is 2.21. The minimum atomic E-state index is -0.424. The van der Waals surface area contributed by atoms with E-state index in [1.165, 1.54) is 0 Å². The number of aliphatic hydroxyl groups excluding tert-OH is 1. The number of aromatic nitrogens is 3. The first kappa shape index (κ1) is 13.7. The van der Waals surface area contributed by atoms with E-state index in [-0.39, 0.29) is 0 Å². The third kappa shape index (κ3) is 3.08. The van der Waals surface area contributed by atoms with Gasteiger partial charge in [0.2, 0.25) is 0 Å². The van der Waals surface area contributed by atoms with Crippen LogP contribution >= 0.6 is 15.9 Å². The average molecular weight is 337 g/mol. The Bertz CT molecular complexity index is 586. The van der Waals surface area contributed by atoms with Crippen LogP contribution in [0.25, 0.3) is 0 Å². The molecule has 0 aliphatic carbocycles. The summed E-state index contributed by atoms with van der Waals surface area (Å²) in [6.07, 6.45) is 2.08. The van der Waals surface area contributed by atoms with Gasteiger partial charge in [0.05, 0.1) is 12.6 Å². The molecule has 1 aromatic carbocycles. The van der Waals surface area contributed by atoms with E-state index in [0.29, 0.717) is 0 Å². The first-order valence-electron chi connectivity index (χ1n) is 6.75. The molecule has 0 saturated heterocycles. The minimum Gasteiger partial charge on any atom is -0.388 e. The number of rotatable bonds is 4. The minimum absolute atomic E-state index is 0.424. The third-order valence-corrected chi connectivity index (χ3v) is 4.16. The Morgan fingerprint density at radius 1 is 1.35 bits per heavy atom. The molecule has 5 nitrogen and oxygen atoms in total. The molecule has 1 atom stereocenters. The van der Waals surface area contributed by atoms with Gasteiger partial charge in [-0.05, 0) is 24.1 Å². The first-order chi connectivity index (χ1) is 9.72. The summed E-state index contributed by atoms with van der Waals surface area (Å²) >= 11 is 3.43. The van der Waals surface area contributed by atoms with Gasteiger partial charge in [0, 0.05) is 24.1 Å². The van der Waals surface area contributed by atoms with Crippen molar-refractivity contribution in [3.05, 3.63) is 46.5 Å². The quantitative estimate of drug-likeness (QED) is 0.927. The van der Waals surface area contributed by atoms with Gasteiger partial charge in [-0.2, -0.15) is 0 Å². The maximum Gasteiger partial charge on any atom is 0.147 e. The largest absolute Gasteiger partial charge is 0.388 e. The van der Waals surface area contributed by atoms with Gasteiger partial charge in [0.25, 0.3) is 0 Å². The Labute approximate surface area is 126 Å². The van der Waals surface area contributed by atoms with Crippen LogP contribution < -0.4 is 0 Å². The lowest BCUT2D eigenvalue weighted by Gasteiger charge is -2.27. The standard InChI is InChI=1S/C14H17BrN4O/c15-12-3-1-2-11(8-12)13(20)4-5-18-6-7-19-10-16-17-14(19)9-18/h1-3,8,10,13,20H,4-7,9H2. The summed E-state index contributed by atoms with van der Waals surface area (Å²) in [4.78, 5) is 2.31. The SMILES string of the molecule is OC(CCN1CCn2cnnc2C1)c1cccc(Br)c1. The van der Waals surface area contributed by atoms with Crippen LogP contribution in [0.4, 0.5) is 0 Å². The fourth-order valence-electron chi connectivity index (χ4n) is 2.49. The summed E-state index contributed by atoms with van der Waals surface area (Å²) in [5.74, 6) is 1.01. The number of hydrogen-bond donors (Lipinski definition) is 1. The molecule has 0 bridgehead atoms. The van der Waals surface area contributed by atoms with Gasteiger partial charge >= 0.3 is 0 Å². The number of fused-ring (bicyclic) bond motifs is 1. The van der Waals surface area contributed by atoms with Crippen LogP contribution in [-0.2, 0) is 13.1 Å². The highest BCUT2D eigenvalue weighted by Gasteiger charge is 2.18. The van der Waals surface area contributed by atoms with Crippen molar-refractivity contribution in [1.29, 1.82) is 0 Å². The van der Waals surface area contributed by atoms with E-state index >= 15 is 0 Å². The summed E-state index contributed by atoms with van der Waals surface area (Å²) in [5.41, 5.74) is 0.958. The van der Waals surface area contributed by atoms with Gasteiger partial charge in [-0.15, -0.1) is 10.2 Å². The second-order valence-corrected chi connectivity index (χ2v) is 5.99. The van der Waals surface area contributed by atoms with Crippen molar-refractivity contribution < 1.29 is 5.11 Å². The van der Waals surface area contributed by atoms with Crippen molar-refractivity contribution in [2.45, 2.75) is 25.6 Å². The summed E-state index contributed by atoms with van der Waals surface area (Å²) < 4.78 is 3.08. The molecule has 1 aliphatic heterocycles. The van der Waals surface area contributed by atoms with Gasteiger partial charge in [0.15, 0.2) is 0 Å². The topological polar surface area (TPSA) is 54.2 Å². The normalized spacial score (nSPS) is 16.9. The van der Waals surface area contributed by atoms with Crippen molar-refractivity contribution in [1.82, 2.24) is 19.7 Å². The van der Waals surface area contributed by atoms with Crippen molar-refractivity contribution in [3.8, 4) is 0 Å². The highest BCUT2D eigenvalue weighted by atomic mass is 79.9. The molecule has 2 heterocycles. The molecule has 2 aromatic rings. The molecule has 106 valence electrons. The lowest BCUT2D eigenvalue weighted by atomic mass is 10.1. The highest BCUT2D eigenvalue weighted by molar-refractivity contribution is 9.10. The van der Waals surface area contributed by atoms with Gasteiger partial charge < -0.3 is 9.67 Å². The monoisotopic (exact) mass is 336 g/mol. The number of halogens is 1. The predicted molar refractivity (Wildman–Crippen MR) is 79.0 cm³/mol. The second kappa shape index (κ2) is 6.03. The molecule has 0 fully saturated rings. The van der Waals surface area contributed by atoms with Gasteiger partial charge in [0.1, 0.15) is 12.2 Å². The van der Waals surface area contributed by atoms with Crippen LogP contribution in [0.2, 0.25) is 0 Å². The van der Waals surface area contributed by atoms with E-state index < -0.39 is 6.10 Å². The molecule has 6 heteroatoms. The van der Waals surface area contributed by atoms with E-state index in [0.717, 1.165) is 48.5 Å². The molecule has 0 spiro atoms. The molecule has 20 heavy (non-hydrogen) atoms. The van der Waals surface area contributed by atoms with E-state index in [9.17, 15) is 5.11 Å². The summed E-state index contributed by atoms with van der Waals surface area (Å²) in [7, 11) is 0. The first-order valence-corrected chi connectivity index (χ1v) is 7.54. The summed E-state index contributed by atoms with van der Waals surface area (Å²) in [6, 6.07) is 7.85. The number of hydrogen-bond acceptors (Lipinski definition) is 4. The zero-order chi connectivity index (χ0) is 13.9. The lowest BCUT2D eigenvalue weighted by Crippen LogP contribution is -2.34. The molecule has 1 aliphatic rings. The molecule has 0 saturated carbocycles. The van der Waals surface area contributed by atoms with E-state index in [2.05, 4.69) is 35.6 Å². The average Bonchev–Trinajstić information content (AvgIpc) is 2.92. The van der Waals surface area contributed by atoms with E-state index in [1.54, 1.807) is 6.33 Å². The Balaban J connectivity index is 1.55. The zero-order valence-corrected chi connectivity index (χ0v) is 12.7. The van der Waals surface area contributed by atoms with Gasteiger partial charge in [-0.1, -0.05) is 28.1 Å². The Morgan fingerprint density at radius 3 is 3.10 bits per heavy atom. The smallest absolute Gasteiger partial charge is 0.147 e. The molecular weight excluding hydrogens is 320 g/mol. The molecule has 1 N–H and O–H groups in total. The Morgan fingerprint density at radius 2 is 2.25 bits per heavy atom. The van der Waals surface area contributed by atoms with Crippen molar-refractivity contribution in [2.24, 2.45) is 0 Å². The van der Waals surface area contributed by atoms with Crippen molar-refractivity contribution in [2.75, 3.05) is 13.1 Å². The second-order valence-electron chi connectivity index (χ2n) is 5.08. The van der Waals surface area contributed by atoms with E-state index in [4.69, 9.17) is 0 Å². The number of aliphatic hydroxyl groups is 1. The fourth-order valence-corrected chi connectivity index (χ4v) is 2.91. The molecule has 3 rings (SSSR count). The zero-order valence-electron chi connectivity index (χ0n) is 11.1. The van der Waals surface area contributed by atoms with Crippen LogP contribution in [-0.4, -0.2) is 37.9 Å². The molecule has 1 aromatic heterocycles. The van der Waals surface area contributed by atoms with Crippen LogP contribution in [0.1, 0.15) is 23.9 Å². The van der Waals surface area contributed by atoms with E-state index in [1.807, 2.05) is 24.3 Å². The van der Waals surface area contributed by atoms with Gasteiger partial charge in [-0.25, -0.2) is 0 Å². The Kier molecular flexibility index (Phi) is 4.14. The fraction of sp³-hybridized carbons (Fsp3) is 0.429. The van der Waals surface area contributed by atoms with Crippen molar-refractivity contribution >= 4 is 15.9 Å².